The van der Waals surface area contributed by atoms with Gasteiger partial charge in [-0.3, -0.25) is 4.79 Å². The van der Waals surface area contributed by atoms with E-state index in [-0.39, 0.29) is 12.0 Å². The zero-order chi connectivity index (χ0) is 11.5. The third kappa shape index (κ3) is 2.35. The maximum atomic E-state index is 11.8. The average molecular weight is 219 g/mol. The zero-order valence-corrected chi connectivity index (χ0v) is 9.77. The molecule has 1 unspecified atom stereocenters. The SMILES string of the molecule is Cc1ccc(OC(C)C(=O)N2CCC2)cc1. The summed E-state index contributed by atoms with van der Waals surface area (Å²) in [5, 5.41) is 0. The lowest BCUT2D eigenvalue weighted by atomic mass is 10.2. The van der Waals surface area contributed by atoms with Gasteiger partial charge in [0.25, 0.3) is 5.91 Å². The lowest BCUT2D eigenvalue weighted by Crippen LogP contribution is -2.47. The number of carbonyl (C=O) groups excluding carboxylic acids is 1. The Bertz CT molecular complexity index is 368. The normalized spacial score (nSPS) is 16.5. The van der Waals surface area contributed by atoms with E-state index in [1.54, 1.807) is 6.92 Å². The van der Waals surface area contributed by atoms with Crippen LogP contribution >= 0.6 is 0 Å². The van der Waals surface area contributed by atoms with Crippen LogP contribution in [0.25, 0.3) is 0 Å². The largest absolute Gasteiger partial charge is 0.481 e. The van der Waals surface area contributed by atoms with Crippen LogP contribution in [0.3, 0.4) is 0 Å². The predicted octanol–water partition coefficient (Wildman–Crippen LogP) is 1.99. The number of likely N-dealkylation sites (tertiary alicyclic amines) is 1. The van der Waals surface area contributed by atoms with Crippen molar-refractivity contribution in [2.45, 2.75) is 26.4 Å². The molecule has 0 aromatic heterocycles. The van der Waals surface area contributed by atoms with Gasteiger partial charge < -0.3 is 9.64 Å². The Morgan fingerprint density at radius 3 is 2.44 bits per heavy atom. The van der Waals surface area contributed by atoms with Gasteiger partial charge in [0.15, 0.2) is 6.10 Å². The fourth-order valence-electron chi connectivity index (χ4n) is 1.67. The molecule has 3 heteroatoms. The van der Waals surface area contributed by atoms with Gasteiger partial charge in [0.1, 0.15) is 5.75 Å². The first kappa shape index (κ1) is 11.0. The van der Waals surface area contributed by atoms with Crippen LogP contribution in [0.5, 0.6) is 5.75 Å². The van der Waals surface area contributed by atoms with Crippen molar-refractivity contribution in [3.63, 3.8) is 0 Å². The first-order chi connectivity index (χ1) is 7.66. The second-order valence-corrected chi connectivity index (χ2v) is 4.25. The van der Waals surface area contributed by atoms with E-state index in [1.165, 1.54) is 5.56 Å². The summed E-state index contributed by atoms with van der Waals surface area (Å²) in [6, 6.07) is 7.76. The molecule has 1 saturated heterocycles. The van der Waals surface area contributed by atoms with Crippen molar-refractivity contribution >= 4 is 5.91 Å². The molecule has 1 aliphatic heterocycles. The number of amides is 1. The highest BCUT2D eigenvalue weighted by atomic mass is 16.5. The lowest BCUT2D eigenvalue weighted by molar-refractivity contribution is -0.141. The molecule has 0 aliphatic carbocycles. The standard InChI is InChI=1S/C13H17NO2/c1-10-4-6-12(7-5-10)16-11(2)13(15)14-8-3-9-14/h4-7,11H,3,8-9H2,1-2H3. The number of nitrogens with zero attached hydrogens (tertiary/aromatic N) is 1. The van der Waals surface area contributed by atoms with Crippen LogP contribution < -0.4 is 4.74 Å². The summed E-state index contributed by atoms with van der Waals surface area (Å²) >= 11 is 0. The van der Waals surface area contributed by atoms with Crippen molar-refractivity contribution in [2.24, 2.45) is 0 Å². The second-order valence-electron chi connectivity index (χ2n) is 4.25. The lowest BCUT2D eigenvalue weighted by Gasteiger charge is -2.33. The second kappa shape index (κ2) is 4.56. The van der Waals surface area contributed by atoms with E-state index in [1.807, 2.05) is 36.1 Å². The topological polar surface area (TPSA) is 29.5 Å². The van der Waals surface area contributed by atoms with Crippen LogP contribution in [0.2, 0.25) is 0 Å². The third-order valence-electron chi connectivity index (χ3n) is 2.85. The monoisotopic (exact) mass is 219 g/mol. The Morgan fingerprint density at radius 1 is 1.31 bits per heavy atom. The number of carbonyl (C=O) groups is 1. The molecule has 86 valence electrons. The summed E-state index contributed by atoms with van der Waals surface area (Å²) < 4.78 is 5.60. The van der Waals surface area contributed by atoms with Crippen LogP contribution in [0.4, 0.5) is 0 Å². The number of benzene rings is 1. The number of hydrogen-bond donors (Lipinski definition) is 0. The molecule has 1 aliphatic rings. The molecule has 3 nitrogen and oxygen atoms in total. The third-order valence-corrected chi connectivity index (χ3v) is 2.85. The summed E-state index contributed by atoms with van der Waals surface area (Å²) in [6.07, 6.45) is 0.728. The summed E-state index contributed by atoms with van der Waals surface area (Å²) in [7, 11) is 0. The summed E-state index contributed by atoms with van der Waals surface area (Å²) in [5.41, 5.74) is 1.19. The molecule has 0 spiro atoms. The molecular formula is C13H17NO2. The number of aryl methyl sites for hydroxylation is 1. The molecule has 0 N–H and O–H groups in total. The van der Waals surface area contributed by atoms with Gasteiger partial charge in [-0.15, -0.1) is 0 Å². The molecule has 1 aromatic carbocycles. The van der Waals surface area contributed by atoms with Crippen molar-refractivity contribution in [1.29, 1.82) is 0 Å². The van der Waals surface area contributed by atoms with Crippen molar-refractivity contribution in [3.8, 4) is 5.75 Å². The molecule has 1 atom stereocenters. The van der Waals surface area contributed by atoms with Gasteiger partial charge in [-0.25, -0.2) is 0 Å². The van der Waals surface area contributed by atoms with Gasteiger partial charge in [-0.2, -0.15) is 0 Å². The van der Waals surface area contributed by atoms with Gasteiger partial charge in [0.2, 0.25) is 0 Å². The van der Waals surface area contributed by atoms with Crippen LogP contribution in [-0.2, 0) is 4.79 Å². The Hall–Kier alpha value is -1.51. The Kier molecular flexibility index (Phi) is 3.13. The van der Waals surface area contributed by atoms with Gasteiger partial charge in [-0.1, -0.05) is 17.7 Å². The molecule has 1 heterocycles. The van der Waals surface area contributed by atoms with E-state index < -0.39 is 0 Å². The highest BCUT2D eigenvalue weighted by Crippen LogP contribution is 2.15. The molecule has 0 bridgehead atoms. The van der Waals surface area contributed by atoms with Gasteiger partial charge in [-0.05, 0) is 32.4 Å². The van der Waals surface area contributed by atoms with Gasteiger partial charge in [0.05, 0.1) is 0 Å². The molecule has 0 saturated carbocycles. The molecular weight excluding hydrogens is 202 g/mol. The minimum Gasteiger partial charge on any atom is -0.481 e. The highest BCUT2D eigenvalue weighted by molar-refractivity contribution is 5.81. The van der Waals surface area contributed by atoms with Crippen LogP contribution in [0, 0.1) is 6.92 Å². The fourth-order valence-corrected chi connectivity index (χ4v) is 1.67. The number of rotatable bonds is 3. The van der Waals surface area contributed by atoms with E-state index in [0.717, 1.165) is 25.3 Å². The van der Waals surface area contributed by atoms with E-state index in [2.05, 4.69) is 0 Å². The fraction of sp³-hybridized carbons (Fsp3) is 0.462. The number of hydrogen-bond acceptors (Lipinski definition) is 2. The van der Waals surface area contributed by atoms with Gasteiger partial charge in [0, 0.05) is 13.1 Å². The van der Waals surface area contributed by atoms with Crippen molar-refractivity contribution in [3.05, 3.63) is 29.8 Å². The molecule has 0 radical (unpaired) electrons. The summed E-state index contributed by atoms with van der Waals surface area (Å²) in [5.74, 6) is 0.846. The van der Waals surface area contributed by atoms with Crippen LogP contribution in [0.1, 0.15) is 18.9 Å². The van der Waals surface area contributed by atoms with Gasteiger partial charge >= 0.3 is 0 Å². The van der Waals surface area contributed by atoms with Crippen molar-refractivity contribution in [2.75, 3.05) is 13.1 Å². The molecule has 16 heavy (non-hydrogen) atoms. The Balaban J connectivity index is 1.93. The maximum Gasteiger partial charge on any atom is 0.263 e. The average Bonchev–Trinajstić information content (AvgIpc) is 2.19. The minimum absolute atomic E-state index is 0.0897. The highest BCUT2D eigenvalue weighted by Gasteiger charge is 2.26. The summed E-state index contributed by atoms with van der Waals surface area (Å²) in [6.45, 7) is 5.58. The van der Waals surface area contributed by atoms with E-state index >= 15 is 0 Å². The van der Waals surface area contributed by atoms with Crippen LogP contribution in [0.15, 0.2) is 24.3 Å². The minimum atomic E-state index is -0.386. The van der Waals surface area contributed by atoms with E-state index in [4.69, 9.17) is 4.74 Å². The van der Waals surface area contributed by atoms with Crippen molar-refractivity contribution < 1.29 is 9.53 Å². The predicted molar refractivity (Wildman–Crippen MR) is 62.5 cm³/mol. The molecule has 1 amide bonds. The Morgan fingerprint density at radius 2 is 1.94 bits per heavy atom. The summed E-state index contributed by atoms with van der Waals surface area (Å²) in [4.78, 5) is 13.6. The quantitative estimate of drug-likeness (QED) is 0.778. The maximum absolute atomic E-state index is 11.8. The Labute approximate surface area is 96.0 Å². The molecule has 1 aromatic rings. The molecule has 2 rings (SSSR count). The van der Waals surface area contributed by atoms with Crippen molar-refractivity contribution in [1.82, 2.24) is 4.90 Å². The molecule has 1 fully saturated rings. The van der Waals surface area contributed by atoms with E-state index in [0.29, 0.717) is 0 Å². The first-order valence-electron chi connectivity index (χ1n) is 5.69. The number of ether oxygens (including phenoxy) is 1. The first-order valence-corrected chi connectivity index (χ1v) is 5.69. The smallest absolute Gasteiger partial charge is 0.263 e. The van der Waals surface area contributed by atoms with Crippen LogP contribution in [-0.4, -0.2) is 30.0 Å². The zero-order valence-electron chi connectivity index (χ0n) is 9.77. The van der Waals surface area contributed by atoms with E-state index in [9.17, 15) is 4.79 Å².